The van der Waals surface area contributed by atoms with Gasteiger partial charge in [0, 0.05) is 5.56 Å². The monoisotopic (exact) mass is 181 g/mol. The van der Waals surface area contributed by atoms with Gasteiger partial charge in [0.25, 0.3) is 0 Å². The van der Waals surface area contributed by atoms with E-state index in [-0.39, 0.29) is 18.1 Å². The minimum absolute atomic E-state index is 0.0329. The standard InChI is InChI=1S/C10H12FNO/c1-2-7-5-8(10(13)6-12)3-4-9(7)11/h3-5H,2,6,12H2,1H3. The summed E-state index contributed by atoms with van der Waals surface area (Å²) in [6.45, 7) is 1.81. The van der Waals surface area contributed by atoms with Crippen molar-refractivity contribution >= 4 is 5.78 Å². The lowest BCUT2D eigenvalue weighted by molar-refractivity contribution is 0.100. The van der Waals surface area contributed by atoms with Crippen molar-refractivity contribution in [3.8, 4) is 0 Å². The van der Waals surface area contributed by atoms with Crippen molar-refractivity contribution in [3.63, 3.8) is 0 Å². The van der Waals surface area contributed by atoms with Crippen LogP contribution in [0.25, 0.3) is 0 Å². The normalized spacial score (nSPS) is 10.1. The van der Waals surface area contributed by atoms with Gasteiger partial charge in [0.2, 0.25) is 0 Å². The Balaban J connectivity index is 3.06. The fourth-order valence-corrected chi connectivity index (χ4v) is 1.14. The van der Waals surface area contributed by atoms with Gasteiger partial charge < -0.3 is 5.73 Å². The first-order valence-corrected chi connectivity index (χ1v) is 4.20. The number of aryl methyl sites for hydroxylation is 1. The molecule has 0 spiro atoms. The molecule has 0 fully saturated rings. The number of halogens is 1. The molecular formula is C10H12FNO. The average molecular weight is 181 g/mol. The Labute approximate surface area is 76.6 Å². The van der Waals surface area contributed by atoms with Crippen LogP contribution >= 0.6 is 0 Å². The van der Waals surface area contributed by atoms with Gasteiger partial charge in [-0.1, -0.05) is 6.92 Å². The van der Waals surface area contributed by atoms with E-state index in [0.717, 1.165) is 0 Å². The molecular weight excluding hydrogens is 169 g/mol. The molecule has 0 aromatic heterocycles. The molecule has 0 amide bonds. The highest BCUT2D eigenvalue weighted by atomic mass is 19.1. The summed E-state index contributed by atoms with van der Waals surface area (Å²) in [5, 5.41) is 0. The lowest BCUT2D eigenvalue weighted by atomic mass is 10.1. The molecule has 0 bridgehead atoms. The van der Waals surface area contributed by atoms with E-state index < -0.39 is 0 Å². The molecule has 0 heterocycles. The number of hydrogen-bond donors (Lipinski definition) is 1. The van der Waals surface area contributed by atoms with Gasteiger partial charge in [-0.3, -0.25) is 4.79 Å². The van der Waals surface area contributed by atoms with Gasteiger partial charge in [-0.05, 0) is 30.2 Å². The number of benzene rings is 1. The second-order valence-electron chi connectivity index (χ2n) is 2.79. The van der Waals surface area contributed by atoms with Crippen LogP contribution in [0.1, 0.15) is 22.8 Å². The Morgan fingerprint density at radius 2 is 2.23 bits per heavy atom. The maximum absolute atomic E-state index is 13.0. The minimum atomic E-state index is -0.268. The Morgan fingerprint density at radius 3 is 2.77 bits per heavy atom. The highest BCUT2D eigenvalue weighted by molar-refractivity contribution is 5.97. The molecule has 1 aromatic carbocycles. The molecule has 1 rings (SSSR count). The maximum Gasteiger partial charge on any atom is 0.176 e. The van der Waals surface area contributed by atoms with E-state index >= 15 is 0 Å². The number of rotatable bonds is 3. The first-order valence-electron chi connectivity index (χ1n) is 4.20. The molecule has 0 radical (unpaired) electrons. The Hall–Kier alpha value is -1.22. The van der Waals surface area contributed by atoms with E-state index in [2.05, 4.69) is 0 Å². The van der Waals surface area contributed by atoms with Gasteiger partial charge in [-0.25, -0.2) is 4.39 Å². The third-order valence-electron chi connectivity index (χ3n) is 1.93. The van der Waals surface area contributed by atoms with Crippen LogP contribution in [-0.4, -0.2) is 12.3 Å². The summed E-state index contributed by atoms with van der Waals surface area (Å²) in [4.78, 5) is 11.1. The minimum Gasteiger partial charge on any atom is -0.324 e. The molecule has 0 atom stereocenters. The van der Waals surface area contributed by atoms with Crippen LogP contribution in [0.15, 0.2) is 18.2 Å². The molecule has 0 aliphatic heterocycles. The highest BCUT2D eigenvalue weighted by Gasteiger charge is 2.06. The summed E-state index contributed by atoms with van der Waals surface area (Å²) in [7, 11) is 0. The largest absolute Gasteiger partial charge is 0.324 e. The van der Waals surface area contributed by atoms with Crippen LogP contribution < -0.4 is 5.73 Å². The Morgan fingerprint density at radius 1 is 1.54 bits per heavy atom. The van der Waals surface area contributed by atoms with Crippen LogP contribution in [0, 0.1) is 5.82 Å². The van der Waals surface area contributed by atoms with E-state index in [4.69, 9.17) is 5.73 Å². The SMILES string of the molecule is CCc1cc(C(=O)CN)ccc1F. The predicted octanol–water partition coefficient (Wildman–Crippen LogP) is 1.53. The molecule has 3 heteroatoms. The first-order chi connectivity index (χ1) is 6.19. The quantitative estimate of drug-likeness (QED) is 0.718. The number of nitrogens with two attached hydrogens (primary N) is 1. The third-order valence-corrected chi connectivity index (χ3v) is 1.93. The number of carbonyl (C=O) groups excluding carboxylic acids is 1. The molecule has 0 unspecified atom stereocenters. The van der Waals surface area contributed by atoms with Crippen molar-refractivity contribution in [2.75, 3.05) is 6.54 Å². The zero-order chi connectivity index (χ0) is 9.84. The smallest absolute Gasteiger partial charge is 0.176 e. The van der Waals surface area contributed by atoms with E-state index in [1.165, 1.54) is 12.1 Å². The van der Waals surface area contributed by atoms with Crippen molar-refractivity contribution in [2.45, 2.75) is 13.3 Å². The average Bonchev–Trinajstić information content (AvgIpc) is 2.17. The molecule has 70 valence electrons. The van der Waals surface area contributed by atoms with Crippen molar-refractivity contribution < 1.29 is 9.18 Å². The van der Waals surface area contributed by atoms with E-state index in [0.29, 0.717) is 17.5 Å². The summed E-state index contributed by atoms with van der Waals surface area (Å²) in [5.41, 5.74) is 6.23. The first kappa shape index (κ1) is 9.86. The lowest BCUT2D eigenvalue weighted by Gasteiger charge is -2.02. The second-order valence-corrected chi connectivity index (χ2v) is 2.79. The van der Waals surface area contributed by atoms with E-state index in [1.807, 2.05) is 6.92 Å². The lowest BCUT2D eigenvalue weighted by Crippen LogP contribution is -2.13. The number of ketones is 1. The van der Waals surface area contributed by atoms with Crippen molar-refractivity contribution in [1.82, 2.24) is 0 Å². The zero-order valence-corrected chi connectivity index (χ0v) is 7.51. The van der Waals surface area contributed by atoms with E-state index in [9.17, 15) is 9.18 Å². The number of Topliss-reactive ketones (excluding diaryl/α,β-unsaturated/α-hetero) is 1. The van der Waals surface area contributed by atoms with Crippen molar-refractivity contribution in [1.29, 1.82) is 0 Å². The summed E-state index contributed by atoms with van der Waals surface area (Å²) < 4.78 is 13.0. The van der Waals surface area contributed by atoms with Crippen LogP contribution in [0.4, 0.5) is 4.39 Å². The van der Waals surface area contributed by atoms with Gasteiger partial charge >= 0.3 is 0 Å². The van der Waals surface area contributed by atoms with Gasteiger partial charge in [0.15, 0.2) is 5.78 Å². The fourth-order valence-electron chi connectivity index (χ4n) is 1.14. The molecule has 0 saturated carbocycles. The summed E-state index contributed by atoms with van der Waals surface area (Å²) in [6.07, 6.45) is 0.581. The van der Waals surface area contributed by atoms with Crippen molar-refractivity contribution in [3.05, 3.63) is 35.1 Å². The molecule has 0 saturated heterocycles. The summed E-state index contributed by atoms with van der Waals surface area (Å²) in [5.74, 6) is -0.425. The van der Waals surface area contributed by atoms with Gasteiger partial charge in [-0.2, -0.15) is 0 Å². The van der Waals surface area contributed by atoms with Gasteiger partial charge in [0.05, 0.1) is 6.54 Å². The molecule has 1 aromatic rings. The zero-order valence-electron chi connectivity index (χ0n) is 7.51. The topological polar surface area (TPSA) is 43.1 Å². The molecule has 2 N–H and O–H groups in total. The second kappa shape index (κ2) is 4.14. The highest BCUT2D eigenvalue weighted by Crippen LogP contribution is 2.11. The van der Waals surface area contributed by atoms with Crippen LogP contribution in [0.5, 0.6) is 0 Å². The molecule has 0 aliphatic rings. The Kier molecular flexibility index (Phi) is 3.14. The number of hydrogen-bond acceptors (Lipinski definition) is 2. The summed E-state index contributed by atoms with van der Waals surface area (Å²) in [6, 6.07) is 4.33. The van der Waals surface area contributed by atoms with Crippen molar-refractivity contribution in [2.24, 2.45) is 5.73 Å². The Bertz CT molecular complexity index is 323. The number of carbonyl (C=O) groups is 1. The molecule has 13 heavy (non-hydrogen) atoms. The van der Waals surface area contributed by atoms with Gasteiger partial charge in [0.1, 0.15) is 5.82 Å². The predicted molar refractivity (Wildman–Crippen MR) is 49.2 cm³/mol. The van der Waals surface area contributed by atoms with Crippen LogP contribution in [-0.2, 0) is 6.42 Å². The van der Waals surface area contributed by atoms with E-state index in [1.54, 1.807) is 6.07 Å². The van der Waals surface area contributed by atoms with Crippen LogP contribution in [0.3, 0.4) is 0 Å². The fraction of sp³-hybridized carbons (Fsp3) is 0.300. The summed E-state index contributed by atoms with van der Waals surface area (Å²) >= 11 is 0. The molecule has 2 nitrogen and oxygen atoms in total. The van der Waals surface area contributed by atoms with Gasteiger partial charge in [-0.15, -0.1) is 0 Å². The molecule has 0 aliphatic carbocycles. The maximum atomic E-state index is 13.0. The third kappa shape index (κ3) is 2.12. The van der Waals surface area contributed by atoms with Crippen LogP contribution in [0.2, 0.25) is 0 Å².